The molecule has 1 aliphatic rings. The van der Waals surface area contributed by atoms with E-state index < -0.39 is 23.0 Å². The topological polar surface area (TPSA) is 88.4 Å². The molecule has 23 heavy (non-hydrogen) atoms. The maximum Gasteiger partial charge on any atom is 0.408 e. The van der Waals surface area contributed by atoms with E-state index in [9.17, 15) is 14.9 Å². The van der Waals surface area contributed by atoms with Crippen LogP contribution in [0.25, 0.3) is 0 Å². The lowest BCUT2D eigenvalue weighted by molar-refractivity contribution is -0.152. The molecule has 0 saturated heterocycles. The third kappa shape index (κ3) is 3.45. The Kier molecular flexibility index (Phi) is 4.89. The molecule has 1 atom stereocenters. The lowest BCUT2D eigenvalue weighted by Gasteiger charge is -2.32. The Bertz CT molecular complexity index is 619. The predicted octanol–water partition coefficient (Wildman–Crippen LogP) is 2.54. The summed E-state index contributed by atoms with van der Waals surface area (Å²) < 4.78 is 10.2. The molecule has 1 fully saturated rings. The number of hydrogen-bond acceptors (Lipinski definition) is 5. The van der Waals surface area contributed by atoms with Gasteiger partial charge >= 0.3 is 12.1 Å². The fourth-order valence-electron chi connectivity index (χ4n) is 2.45. The molecule has 0 radical (unpaired) electrons. The summed E-state index contributed by atoms with van der Waals surface area (Å²) in [5.74, 6) is -0.615. The lowest BCUT2D eigenvalue weighted by atomic mass is 9.83. The SMILES string of the molecule is CCOC(=O)C(C)(NC(=O)OCc1ccccc1)C1(C#N)CC1. The van der Waals surface area contributed by atoms with Gasteiger partial charge in [-0.2, -0.15) is 5.26 Å². The van der Waals surface area contributed by atoms with Crippen molar-refractivity contribution < 1.29 is 19.1 Å². The normalized spacial score (nSPS) is 17.3. The van der Waals surface area contributed by atoms with Crippen LogP contribution in [0.1, 0.15) is 32.3 Å². The molecule has 6 heteroatoms. The van der Waals surface area contributed by atoms with Crippen molar-refractivity contribution in [2.75, 3.05) is 6.61 Å². The molecule has 0 aliphatic heterocycles. The Morgan fingerprint density at radius 1 is 1.30 bits per heavy atom. The number of nitriles is 1. The lowest BCUT2D eigenvalue weighted by Crippen LogP contribution is -2.59. The van der Waals surface area contributed by atoms with Crippen molar-refractivity contribution in [3.05, 3.63) is 35.9 Å². The van der Waals surface area contributed by atoms with E-state index in [1.54, 1.807) is 6.92 Å². The minimum Gasteiger partial charge on any atom is -0.464 e. The van der Waals surface area contributed by atoms with Crippen LogP contribution in [0.2, 0.25) is 0 Å². The van der Waals surface area contributed by atoms with Crippen LogP contribution < -0.4 is 5.32 Å². The minimum atomic E-state index is -1.41. The molecular weight excluding hydrogens is 296 g/mol. The minimum absolute atomic E-state index is 0.0884. The van der Waals surface area contributed by atoms with E-state index in [1.807, 2.05) is 30.3 Å². The molecule has 1 N–H and O–H groups in total. The summed E-state index contributed by atoms with van der Waals surface area (Å²) in [6.45, 7) is 3.46. The standard InChI is InChI=1S/C17H20N2O4/c1-3-22-14(20)16(2,17(12-18)9-10-17)19-15(21)23-11-13-7-5-4-6-8-13/h4-8H,3,9-11H2,1-2H3,(H,19,21). The number of nitrogens with zero attached hydrogens (tertiary/aromatic N) is 1. The number of alkyl carbamates (subject to hydrolysis) is 1. The van der Waals surface area contributed by atoms with E-state index in [-0.39, 0.29) is 13.2 Å². The molecular formula is C17H20N2O4. The van der Waals surface area contributed by atoms with E-state index in [0.29, 0.717) is 12.8 Å². The van der Waals surface area contributed by atoms with Crippen LogP contribution in [0.5, 0.6) is 0 Å². The number of ether oxygens (including phenoxy) is 2. The first kappa shape index (κ1) is 16.8. The Balaban J connectivity index is 2.05. The molecule has 122 valence electrons. The highest BCUT2D eigenvalue weighted by Crippen LogP contribution is 2.54. The molecule has 1 saturated carbocycles. The van der Waals surface area contributed by atoms with Gasteiger partial charge in [-0.3, -0.25) is 0 Å². The second-order valence-electron chi connectivity index (χ2n) is 5.73. The van der Waals surface area contributed by atoms with Gasteiger partial charge < -0.3 is 14.8 Å². The maximum absolute atomic E-state index is 12.3. The number of carbonyl (C=O) groups excluding carboxylic acids is 2. The number of hydrogen-bond donors (Lipinski definition) is 1. The van der Waals surface area contributed by atoms with Crippen molar-refractivity contribution >= 4 is 12.1 Å². The number of amides is 1. The first-order chi connectivity index (χ1) is 11.0. The van der Waals surface area contributed by atoms with Gasteiger partial charge in [-0.05, 0) is 32.3 Å². The highest BCUT2D eigenvalue weighted by molar-refractivity contribution is 5.87. The summed E-state index contributed by atoms with van der Waals surface area (Å²) in [6.07, 6.45) is 0.334. The number of carbonyl (C=O) groups is 2. The van der Waals surface area contributed by atoms with E-state index in [1.165, 1.54) is 6.92 Å². The van der Waals surface area contributed by atoms with E-state index in [4.69, 9.17) is 9.47 Å². The Morgan fingerprint density at radius 3 is 2.48 bits per heavy atom. The molecule has 1 aromatic rings. The van der Waals surface area contributed by atoms with Gasteiger partial charge in [-0.15, -0.1) is 0 Å². The Labute approximate surface area is 135 Å². The smallest absolute Gasteiger partial charge is 0.408 e. The molecule has 2 rings (SSSR count). The predicted molar refractivity (Wildman–Crippen MR) is 82.1 cm³/mol. The number of rotatable bonds is 6. The first-order valence-electron chi connectivity index (χ1n) is 7.55. The second-order valence-corrected chi connectivity index (χ2v) is 5.73. The zero-order chi connectivity index (χ0) is 16.9. The zero-order valence-electron chi connectivity index (χ0n) is 13.3. The van der Waals surface area contributed by atoms with E-state index >= 15 is 0 Å². The average molecular weight is 316 g/mol. The molecule has 1 amide bonds. The molecule has 0 heterocycles. The van der Waals surface area contributed by atoms with Gasteiger partial charge in [0.2, 0.25) is 0 Å². The van der Waals surface area contributed by atoms with Crippen LogP contribution in [-0.4, -0.2) is 24.2 Å². The highest BCUT2D eigenvalue weighted by Gasteiger charge is 2.63. The van der Waals surface area contributed by atoms with Crippen LogP contribution in [-0.2, 0) is 20.9 Å². The summed E-state index contributed by atoms with van der Waals surface area (Å²) in [5.41, 5.74) is -1.50. The third-order valence-electron chi connectivity index (χ3n) is 4.17. The summed E-state index contributed by atoms with van der Waals surface area (Å²) in [6, 6.07) is 11.3. The van der Waals surface area contributed by atoms with Gasteiger partial charge in [0.05, 0.1) is 18.1 Å². The summed E-state index contributed by atoms with van der Waals surface area (Å²) in [5, 5.41) is 11.9. The van der Waals surface area contributed by atoms with Crippen molar-refractivity contribution in [2.45, 2.75) is 38.8 Å². The van der Waals surface area contributed by atoms with Gasteiger partial charge in [-0.25, -0.2) is 9.59 Å². The molecule has 1 unspecified atom stereocenters. The first-order valence-corrected chi connectivity index (χ1v) is 7.55. The van der Waals surface area contributed by atoms with Crippen molar-refractivity contribution in [2.24, 2.45) is 5.41 Å². The maximum atomic E-state index is 12.3. The average Bonchev–Trinajstić information content (AvgIpc) is 3.35. The van der Waals surface area contributed by atoms with Gasteiger partial charge in [-0.1, -0.05) is 30.3 Å². The number of benzene rings is 1. The Morgan fingerprint density at radius 2 is 1.96 bits per heavy atom. The second kappa shape index (κ2) is 6.69. The fourth-order valence-corrected chi connectivity index (χ4v) is 2.45. The molecule has 0 spiro atoms. The summed E-state index contributed by atoms with van der Waals surface area (Å²) in [7, 11) is 0. The van der Waals surface area contributed by atoms with E-state index in [2.05, 4.69) is 11.4 Å². The summed E-state index contributed by atoms with van der Waals surface area (Å²) >= 11 is 0. The van der Waals surface area contributed by atoms with Crippen molar-refractivity contribution in [1.82, 2.24) is 5.32 Å². The largest absolute Gasteiger partial charge is 0.464 e. The number of nitrogens with one attached hydrogen (secondary N) is 1. The Hall–Kier alpha value is -2.55. The van der Waals surface area contributed by atoms with Crippen molar-refractivity contribution in [1.29, 1.82) is 5.26 Å². The monoisotopic (exact) mass is 316 g/mol. The third-order valence-corrected chi connectivity index (χ3v) is 4.17. The molecule has 0 bridgehead atoms. The van der Waals surface area contributed by atoms with Gasteiger partial charge in [0.15, 0.2) is 5.54 Å². The number of esters is 1. The van der Waals surface area contributed by atoms with Crippen LogP contribution in [0.4, 0.5) is 4.79 Å². The molecule has 1 aliphatic carbocycles. The highest BCUT2D eigenvalue weighted by atomic mass is 16.6. The van der Waals surface area contributed by atoms with Crippen molar-refractivity contribution in [3.8, 4) is 6.07 Å². The fraction of sp³-hybridized carbons (Fsp3) is 0.471. The van der Waals surface area contributed by atoms with Gasteiger partial charge in [0.25, 0.3) is 0 Å². The summed E-state index contributed by atoms with van der Waals surface area (Å²) in [4.78, 5) is 24.4. The molecule has 6 nitrogen and oxygen atoms in total. The van der Waals surface area contributed by atoms with Crippen LogP contribution in [0, 0.1) is 16.7 Å². The zero-order valence-corrected chi connectivity index (χ0v) is 13.3. The van der Waals surface area contributed by atoms with Crippen LogP contribution in [0.15, 0.2) is 30.3 Å². The van der Waals surface area contributed by atoms with E-state index in [0.717, 1.165) is 5.56 Å². The molecule has 0 aromatic heterocycles. The van der Waals surface area contributed by atoms with Gasteiger partial charge in [0.1, 0.15) is 6.61 Å². The quantitative estimate of drug-likeness (QED) is 0.815. The van der Waals surface area contributed by atoms with Gasteiger partial charge in [0, 0.05) is 0 Å². The van der Waals surface area contributed by atoms with Crippen molar-refractivity contribution in [3.63, 3.8) is 0 Å². The molecule has 1 aromatic carbocycles. The van der Waals surface area contributed by atoms with Crippen LogP contribution in [0.3, 0.4) is 0 Å². The van der Waals surface area contributed by atoms with Crippen LogP contribution >= 0.6 is 0 Å².